The number of fused-ring (bicyclic) bond motifs is 1. The van der Waals surface area contributed by atoms with Crippen LogP contribution in [-0.2, 0) is 19.5 Å². The summed E-state index contributed by atoms with van der Waals surface area (Å²) < 4.78 is 5.45. The Morgan fingerprint density at radius 3 is 2.96 bits per heavy atom. The second-order valence-corrected chi connectivity index (χ2v) is 6.09. The summed E-state index contributed by atoms with van der Waals surface area (Å²) in [5, 5.41) is 4.17. The Balaban J connectivity index is 1.51. The van der Waals surface area contributed by atoms with Crippen LogP contribution in [0.15, 0.2) is 45.7 Å². The van der Waals surface area contributed by atoms with Crippen LogP contribution in [0.1, 0.15) is 22.8 Å². The summed E-state index contributed by atoms with van der Waals surface area (Å²) in [6.45, 7) is 3.97. The van der Waals surface area contributed by atoms with Crippen LogP contribution in [-0.4, -0.2) is 26.6 Å². The molecule has 0 radical (unpaired) electrons. The Labute approximate surface area is 139 Å². The lowest BCUT2D eigenvalue weighted by Crippen LogP contribution is -2.35. The molecule has 0 saturated carbocycles. The first kappa shape index (κ1) is 14.8. The molecule has 1 aromatic carbocycles. The predicted molar refractivity (Wildman–Crippen MR) is 89.4 cm³/mol. The molecular weight excluding hydrogens is 304 g/mol. The summed E-state index contributed by atoms with van der Waals surface area (Å²) in [7, 11) is 0. The van der Waals surface area contributed by atoms with Gasteiger partial charge in [-0.2, -0.15) is 0 Å². The number of H-pyrrole nitrogens is 1. The smallest absolute Gasteiger partial charge is 0.254 e. The number of nitrogens with one attached hydrogen (secondary N) is 1. The molecule has 3 aromatic rings. The lowest BCUT2D eigenvalue weighted by Gasteiger charge is -2.26. The van der Waals surface area contributed by atoms with Gasteiger partial charge in [-0.15, -0.1) is 0 Å². The van der Waals surface area contributed by atoms with Gasteiger partial charge in [0.25, 0.3) is 5.56 Å². The van der Waals surface area contributed by atoms with Gasteiger partial charge in [0.05, 0.1) is 11.4 Å². The van der Waals surface area contributed by atoms with Crippen molar-refractivity contribution in [1.82, 2.24) is 20.0 Å². The summed E-state index contributed by atoms with van der Waals surface area (Å²) in [5.74, 6) is 1.43. The maximum absolute atomic E-state index is 12.0. The van der Waals surface area contributed by atoms with Crippen LogP contribution in [0.2, 0.25) is 0 Å². The van der Waals surface area contributed by atoms with E-state index in [0.717, 1.165) is 34.8 Å². The van der Waals surface area contributed by atoms with Gasteiger partial charge in [0.15, 0.2) is 5.76 Å². The SMILES string of the molecule is Cc1nc2c(c(=O)[nH]1)CCN(Cc1cc(-c3ccccc3)on1)C2. The number of rotatable bonds is 3. The average Bonchev–Trinajstić information content (AvgIpc) is 3.03. The highest BCUT2D eigenvalue weighted by Gasteiger charge is 2.21. The van der Waals surface area contributed by atoms with Gasteiger partial charge in [-0.25, -0.2) is 4.98 Å². The largest absolute Gasteiger partial charge is 0.356 e. The van der Waals surface area contributed by atoms with Crippen LogP contribution in [0, 0.1) is 6.92 Å². The number of aromatic nitrogens is 3. The molecule has 6 heteroatoms. The van der Waals surface area contributed by atoms with E-state index in [0.29, 0.717) is 25.3 Å². The number of hydrogen-bond acceptors (Lipinski definition) is 5. The van der Waals surface area contributed by atoms with Gasteiger partial charge in [0.1, 0.15) is 5.82 Å². The van der Waals surface area contributed by atoms with E-state index in [1.165, 1.54) is 0 Å². The third-order valence-electron chi connectivity index (χ3n) is 4.27. The molecule has 24 heavy (non-hydrogen) atoms. The third kappa shape index (κ3) is 2.88. The first-order chi connectivity index (χ1) is 11.7. The van der Waals surface area contributed by atoms with Crippen LogP contribution >= 0.6 is 0 Å². The van der Waals surface area contributed by atoms with Gasteiger partial charge >= 0.3 is 0 Å². The van der Waals surface area contributed by atoms with Crippen LogP contribution in [0.25, 0.3) is 11.3 Å². The zero-order valence-corrected chi connectivity index (χ0v) is 13.5. The Hall–Kier alpha value is -2.73. The second-order valence-electron chi connectivity index (χ2n) is 6.09. The lowest BCUT2D eigenvalue weighted by molar-refractivity contribution is 0.233. The Kier molecular flexibility index (Phi) is 3.74. The summed E-state index contributed by atoms with van der Waals surface area (Å²) in [6, 6.07) is 11.9. The zero-order chi connectivity index (χ0) is 16.5. The topological polar surface area (TPSA) is 75.0 Å². The molecular formula is C18H18N4O2. The van der Waals surface area contributed by atoms with Crippen molar-refractivity contribution >= 4 is 0 Å². The van der Waals surface area contributed by atoms with Gasteiger partial charge < -0.3 is 9.51 Å². The number of aromatic amines is 1. The van der Waals surface area contributed by atoms with Gasteiger partial charge in [-0.1, -0.05) is 35.5 Å². The first-order valence-corrected chi connectivity index (χ1v) is 8.01. The summed E-state index contributed by atoms with van der Waals surface area (Å²) >= 11 is 0. The minimum Gasteiger partial charge on any atom is -0.356 e. The maximum atomic E-state index is 12.0. The summed E-state index contributed by atoms with van der Waals surface area (Å²) in [5.41, 5.74) is 3.57. The number of hydrogen-bond donors (Lipinski definition) is 1. The van der Waals surface area contributed by atoms with E-state index in [1.54, 1.807) is 0 Å². The molecule has 0 bridgehead atoms. The standard InChI is InChI=1S/C18H18N4O2/c1-12-19-16-11-22(8-7-15(16)18(23)20-12)10-14-9-17(24-21-14)13-5-3-2-4-6-13/h2-6,9H,7-8,10-11H2,1H3,(H,19,20,23). The highest BCUT2D eigenvalue weighted by atomic mass is 16.5. The van der Waals surface area contributed by atoms with Crippen LogP contribution in [0.3, 0.4) is 0 Å². The van der Waals surface area contributed by atoms with E-state index in [-0.39, 0.29) is 5.56 Å². The molecule has 3 heterocycles. The molecule has 0 saturated heterocycles. The minimum absolute atomic E-state index is 0.00931. The molecule has 0 atom stereocenters. The quantitative estimate of drug-likeness (QED) is 0.801. The summed E-state index contributed by atoms with van der Waals surface area (Å²) in [4.78, 5) is 21.5. The van der Waals surface area contributed by atoms with E-state index in [4.69, 9.17) is 4.52 Å². The molecule has 0 spiro atoms. The molecule has 0 unspecified atom stereocenters. The first-order valence-electron chi connectivity index (χ1n) is 8.01. The second kappa shape index (κ2) is 6.05. The number of nitrogens with zero attached hydrogens (tertiary/aromatic N) is 3. The normalized spacial score (nSPS) is 14.5. The monoisotopic (exact) mass is 322 g/mol. The van der Waals surface area contributed by atoms with Crippen molar-refractivity contribution in [3.05, 3.63) is 69.5 Å². The van der Waals surface area contributed by atoms with Crippen molar-refractivity contribution < 1.29 is 4.52 Å². The van der Waals surface area contributed by atoms with Crippen molar-refractivity contribution in [2.75, 3.05) is 6.54 Å². The Bertz CT molecular complexity index is 914. The average molecular weight is 322 g/mol. The van der Waals surface area contributed by atoms with Gasteiger partial charge in [-0.3, -0.25) is 9.69 Å². The molecule has 1 N–H and O–H groups in total. The summed E-state index contributed by atoms with van der Waals surface area (Å²) in [6.07, 6.45) is 0.710. The van der Waals surface area contributed by atoms with E-state index < -0.39 is 0 Å². The molecule has 6 nitrogen and oxygen atoms in total. The molecule has 0 fully saturated rings. The van der Waals surface area contributed by atoms with Crippen molar-refractivity contribution in [2.45, 2.75) is 26.4 Å². The number of benzene rings is 1. The van der Waals surface area contributed by atoms with E-state index in [2.05, 4.69) is 20.0 Å². The van der Waals surface area contributed by atoms with Crippen LogP contribution in [0.5, 0.6) is 0 Å². The van der Waals surface area contributed by atoms with E-state index in [9.17, 15) is 4.79 Å². The molecule has 0 aliphatic carbocycles. The fraction of sp³-hybridized carbons (Fsp3) is 0.278. The molecule has 4 rings (SSSR count). The lowest BCUT2D eigenvalue weighted by atomic mass is 10.1. The van der Waals surface area contributed by atoms with E-state index in [1.807, 2.05) is 43.3 Å². The van der Waals surface area contributed by atoms with Crippen LogP contribution < -0.4 is 5.56 Å². The molecule has 0 amide bonds. The molecule has 2 aromatic heterocycles. The Morgan fingerprint density at radius 1 is 1.29 bits per heavy atom. The molecule has 1 aliphatic heterocycles. The van der Waals surface area contributed by atoms with Gasteiger partial charge in [-0.05, 0) is 13.3 Å². The van der Waals surface area contributed by atoms with Gasteiger partial charge in [0, 0.05) is 36.8 Å². The molecule has 122 valence electrons. The fourth-order valence-corrected chi connectivity index (χ4v) is 3.11. The predicted octanol–water partition coefficient (Wildman–Crippen LogP) is 2.29. The number of aryl methyl sites for hydroxylation is 1. The minimum atomic E-state index is -0.00931. The van der Waals surface area contributed by atoms with Crippen molar-refractivity contribution in [3.8, 4) is 11.3 Å². The van der Waals surface area contributed by atoms with Gasteiger partial charge in [0.2, 0.25) is 0 Å². The highest BCUT2D eigenvalue weighted by Crippen LogP contribution is 2.22. The van der Waals surface area contributed by atoms with Crippen LogP contribution in [0.4, 0.5) is 0 Å². The van der Waals surface area contributed by atoms with Crippen molar-refractivity contribution in [3.63, 3.8) is 0 Å². The third-order valence-corrected chi connectivity index (χ3v) is 4.27. The highest BCUT2D eigenvalue weighted by molar-refractivity contribution is 5.56. The van der Waals surface area contributed by atoms with Crippen molar-refractivity contribution in [1.29, 1.82) is 0 Å². The van der Waals surface area contributed by atoms with E-state index >= 15 is 0 Å². The Morgan fingerprint density at radius 2 is 2.12 bits per heavy atom. The maximum Gasteiger partial charge on any atom is 0.254 e. The van der Waals surface area contributed by atoms with Crippen molar-refractivity contribution in [2.24, 2.45) is 0 Å². The fourth-order valence-electron chi connectivity index (χ4n) is 3.11. The molecule has 1 aliphatic rings. The zero-order valence-electron chi connectivity index (χ0n) is 13.5.